The summed E-state index contributed by atoms with van der Waals surface area (Å²) in [4.78, 5) is 34.4. The smallest absolute Gasteiger partial charge is 0.273 e. The van der Waals surface area contributed by atoms with E-state index in [4.69, 9.17) is 0 Å². The van der Waals surface area contributed by atoms with Crippen molar-refractivity contribution in [1.29, 1.82) is 0 Å². The lowest BCUT2D eigenvalue weighted by Gasteiger charge is -2.30. The molecule has 150 valence electrons. The topological polar surface area (TPSA) is 75.2 Å². The van der Waals surface area contributed by atoms with Crippen molar-refractivity contribution >= 4 is 17.6 Å². The molecule has 1 atom stereocenters. The summed E-state index contributed by atoms with van der Waals surface area (Å²) < 4.78 is 42.9. The Hall–Kier alpha value is -3.23. The van der Waals surface area contributed by atoms with Gasteiger partial charge in [-0.3, -0.25) is 14.5 Å². The van der Waals surface area contributed by atoms with Crippen LogP contribution in [0.5, 0.6) is 0 Å². The molecule has 1 aromatic heterocycles. The number of benzene rings is 1. The second kappa shape index (κ2) is 6.98. The molecule has 9 heteroatoms. The molecule has 0 unspecified atom stereocenters. The molecule has 2 heterocycles. The predicted octanol–water partition coefficient (Wildman–Crippen LogP) is 2.80. The summed E-state index contributed by atoms with van der Waals surface area (Å²) in [6.07, 6.45) is 0.810. The fourth-order valence-electron chi connectivity index (χ4n) is 3.70. The van der Waals surface area contributed by atoms with Crippen LogP contribution in [0.1, 0.15) is 29.0 Å². The Balaban J connectivity index is 1.55. The largest absolute Gasteiger partial charge is 0.349 e. The van der Waals surface area contributed by atoms with Crippen LogP contribution in [-0.2, 0) is 4.79 Å². The molecule has 29 heavy (non-hydrogen) atoms. The van der Waals surface area contributed by atoms with E-state index < -0.39 is 36.0 Å². The molecule has 1 aliphatic carbocycles. The van der Waals surface area contributed by atoms with E-state index in [1.165, 1.54) is 35.4 Å². The summed E-state index contributed by atoms with van der Waals surface area (Å²) in [5.74, 6) is -4.39. The van der Waals surface area contributed by atoms with E-state index in [1.54, 1.807) is 6.92 Å². The number of carbonyl (C=O) groups is 2. The quantitative estimate of drug-likeness (QED) is 0.857. The van der Waals surface area contributed by atoms with Crippen molar-refractivity contribution in [2.75, 3.05) is 11.4 Å². The summed E-state index contributed by atoms with van der Waals surface area (Å²) in [5, 5.41) is 2.50. The number of alkyl halides is 2. The molecule has 2 amide bonds. The Kier molecular flexibility index (Phi) is 4.60. The van der Waals surface area contributed by atoms with Gasteiger partial charge < -0.3 is 5.32 Å². The van der Waals surface area contributed by atoms with Gasteiger partial charge in [0.2, 0.25) is 0 Å². The first kappa shape index (κ1) is 19.1. The number of nitrogens with zero attached hydrogens (tertiary/aromatic N) is 3. The lowest BCUT2D eigenvalue weighted by Crippen LogP contribution is -2.43. The van der Waals surface area contributed by atoms with E-state index in [0.29, 0.717) is 5.82 Å². The van der Waals surface area contributed by atoms with Gasteiger partial charge in [-0.1, -0.05) is 6.07 Å². The molecule has 0 saturated heterocycles. The average molecular weight is 402 g/mol. The van der Waals surface area contributed by atoms with E-state index in [1.807, 2.05) is 0 Å². The van der Waals surface area contributed by atoms with Crippen molar-refractivity contribution in [2.24, 2.45) is 0 Å². The zero-order valence-electron chi connectivity index (χ0n) is 15.5. The van der Waals surface area contributed by atoms with Crippen LogP contribution in [0.15, 0.2) is 47.7 Å². The summed E-state index contributed by atoms with van der Waals surface area (Å²) in [6.45, 7) is 1.39. The van der Waals surface area contributed by atoms with Crippen molar-refractivity contribution in [3.05, 3.63) is 64.9 Å². The second-order valence-corrected chi connectivity index (χ2v) is 7.10. The maximum atomic E-state index is 14.8. The van der Waals surface area contributed by atoms with Gasteiger partial charge in [-0.2, -0.15) is 0 Å². The third-order valence-corrected chi connectivity index (χ3v) is 5.04. The second-order valence-electron chi connectivity index (χ2n) is 7.10. The minimum atomic E-state index is -3.25. The van der Waals surface area contributed by atoms with Gasteiger partial charge in [0.05, 0.1) is 6.54 Å². The third kappa shape index (κ3) is 3.59. The third-order valence-electron chi connectivity index (χ3n) is 5.04. The predicted molar refractivity (Wildman–Crippen MR) is 98.0 cm³/mol. The molecule has 4 rings (SSSR count). The molecule has 2 aliphatic rings. The maximum absolute atomic E-state index is 14.8. The van der Waals surface area contributed by atoms with Crippen molar-refractivity contribution in [2.45, 2.75) is 31.7 Å². The van der Waals surface area contributed by atoms with E-state index in [9.17, 15) is 22.8 Å². The molecule has 1 N–H and O–H groups in total. The number of aryl methyl sites for hydroxylation is 1. The zero-order chi connectivity index (χ0) is 20.8. The number of nitrogens with one attached hydrogen (secondary N) is 1. The lowest BCUT2D eigenvalue weighted by molar-refractivity contribution is -0.115. The van der Waals surface area contributed by atoms with Crippen molar-refractivity contribution < 1.29 is 22.8 Å². The number of hydrogen-bond donors (Lipinski definition) is 1. The van der Waals surface area contributed by atoms with Crippen molar-refractivity contribution in [3.8, 4) is 0 Å². The number of aromatic nitrogens is 2. The average Bonchev–Trinajstić information content (AvgIpc) is 2.99. The Morgan fingerprint density at radius 3 is 2.83 bits per heavy atom. The molecular weight excluding hydrogens is 385 g/mol. The summed E-state index contributed by atoms with van der Waals surface area (Å²) >= 11 is 0. The van der Waals surface area contributed by atoms with E-state index in [-0.39, 0.29) is 35.5 Å². The first-order valence-corrected chi connectivity index (χ1v) is 9.03. The van der Waals surface area contributed by atoms with Gasteiger partial charge in [0.25, 0.3) is 17.7 Å². The SMILES string of the molecule is Cc1nccc(N2CC3=C(C[C@@H](NC(=O)c4cccc(F)c4)CC3(F)F)C2=O)n1. The van der Waals surface area contributed by atoms with Gasteiger partial charge in [0.15, 0.2) is 0 Å². The molecule has 0 spiro atoms. The highest BCUT2D eigenvalue weighted by Crippen LogP contribution is 2.43. The van der Waals surface area contributed by atoms with Gasteiger partial charge in [0.1, 0.15) is 17.5 Å². The molecule has 0 saturated carbocycles. The van der Waals surface area contributed by atoms with Crippen LogP contribution in [0.25, 0.3) is 0 Å². The van der Waals surface area contributed by atoms with Crippen LogP contribution < -0.4 is 10.2 Å². The normalized spacial score (nSPS) is 20.6. The first-order chi connectivity index (χ1) is 13.7. The zero-order valence-corrected chi connectivity index (χ0v) is 15.5. The highest BCUT2D eigenvalue weighted by molar-refractivity contribution is 6.09. The lowest BCUT2D eigenvalue weighted by atomic mass is 9.86. The van der Waals surface area contributed by atoms with E-state index in [2.05, 4.69) is 15.3 Å². The molecule has 1 aliphatic heterocycles. The summed E-state index contributed by atoms with van der Waals surface area (Å²) in [6, 6.07) is 5.51. The minimum absolute atomic E-state index is 0.0120. The maximum Gasteiger partial charge on any atom is 0.273 e. The van der Waals surface area contributed by atoms with Crippen molar-refractivity contribution in [3.63, 3.8) is 0 Å². The van der Waals surface area contributed by atoms with Crippen LogP contribution in [0.2, 0.25) is 0 Å². The molecular formula is C20H17F3N4O2. The summed E-state index contributed by atoms with van der Waals surface area (Å²) in [5.41, 5.74) is -0.221. The molecule has 6 nitrogen and oxygen atoms in total. The number of carbonyl (C=O) groups excluding carboxylic acids is 2. The number of anilines is 1. The minimum Gasteiger partial charge on any atom is -0.349 e. The molecule has 0 bridgehead atoms. The van der Waals surface area contributed by atoms with Gasteiger partial charge in [-0.25, -0.2) is 23.1 Å². The van der Waals surface area contributed by atoms with Crippen LogP contribution in [0.3, 0.4) is 0 Å². The number of halogens is 3. The molecule has 0 radical (unpaired) electrons. The van der Waals surface area contributed by atoms with Gasteiger partial charge in [0, 0.05) is 35.4 Å². The Morgan fingerprint density at radius 2 is 2.10 bits per heavy atom. The monoisotopic (exact) mass is 402 g/mol. The van der Waals surface area contributed by atoms with Gasteiger partial charge in [-0.05, 0) is 37.6 Å². The first-order valence-electron chi connectivity index (χ1n) is 9.03. The van der Waals surface area contributed by atoms with Gasteiger partial charge >= 0.3 is 0 Å². The van der Waals surface area contributed by atoms with Crippen LogP contribution in [-0.4, -0.2) is 40.3 Å². The Morgan fingerprint density at radius 1 is 1.31 bits per heavy atom. The van der Waals surface area contributed by atoms with E-state index >= 15 is 0 Å². The fraction of sp³-hybridized carbons (Fsp3) is 0.300. The molecule has 1 aromatic carbocycles. The number of hydrogen-bond acceptors (Lipinski definition) is 4. The standard InChI is InChI=1S/C20H17F3N4O2/c1-11-24-6-5-17(25-11)27-10-16-15(19(27)29)8-14(9-20(16,22)23)26-18(28)12-3-2-4-13(21)7-12/h2-7,14H,8-10H2,1H3,(H,26,28)/t14-/m1/s1. The summed E-state index contributed by atoms with van der Waals surface area (Å²) in [7, 11) is 0. The van der Waals surface area contributed by atoms with Crippen LogP contribution in [0.4, 0.5) is 19.0 Å². The Labute approximate surface area is 164 Å². The highest BCUT2D eigenvalue weighted by Gasteiger charge is 2.50. The molecule has 0 fully saturated rings. The van der Waals surface area contributed by atoms with Crippen LogP contribution >= 0.6 is 0 Å². The van der Waals surface area contributed by atoms with Crippen molar-refractivity contribution in [1.82, 2.24) is 15.3 Å². The fourth-order valence-corrected chi connectivity index (χ4v) is 3.70. The Bertz CT molecular complexity index is 1040. The van der Waals surface area contributed by atoms with E-state index in [0.717, 1.165) is 6.07 Å². The van der Waals surface area contributed by atoms with Gasteiger partial charge in [-0.15, -0.1) is 0 Å². The highest BCUT2D eigenvalue weighted by atomic mass is 19.3. The number of rotatable bonds is 3. The van der Waals surface area contributed by atoms with Crippen LogP contribution in [0, 0.1) is 12.7 Å². The number of amides is 2. The molecule has 2 aromatic rings.